The fraction of sp³-hybridized carbons (Fsp3) is 0.289. The van der Waals surface area contributed by atoms with Crippen molar-refractivity contribution < 1.29 is 25.8 Å². The first-order chi connectivity index (χ1) is 20.5. The van der Waals surface area contributed by atoms with Crippen LogP contribution in [0.2, 0.25) is 0 Å². The van der Waals surface area contributed by atoms with Gasteiger partial charge in [0, 0.05) is 0 Å². The standard InChI is InChI=1S/C43H44.2CH3.Hf/c1-41(2,3)33-17-9-13-29(23-33)37-19-11-15-31-25-35(27-39(31)37)43(21-7-8-22-43)36-26-32-16-12-20-38(40(32)28-36)30-14-10-18-34(24-30)42(4,5)6;;;/h9-20,23-28H,7-8,21-22H2,1-6H3;2*1H3;/q-2;2*-1;+4. The molecular formula is C45H50Hf. The van der Waals surface area contributed by atoms with E-state index >= 15 is 0 Å². The zero-order valence-corrected chi connectivity index (χ0v) is 32.8. The number of fused-ring (bicyclic) bond motifs is 2. The summed E-state index contributed by atoms with van der Waals surface area (Å²) >= 11 is 0. The summed E-state index contributed by atoms with van der Waals surface area (Å²) in [5.74, 6) is 0. The summed E-state index contributed by atoms with van der Waals surface area (Å²) < 4.78 is 0. The Morgan fingerprint density at radius 1 is 0.522 bits per heavy atom. The molecule has 0 atom stereocenters. The molecule has 1 fully saturated rings. The molecule has 0 aromatic heterocycles. The van der Waals surface area contributed by atoms with Crippen molar-refractivity contribution in [3.05, 3.63) is 146 Å². The average Bonchev–Trinajstić information content (AvgIpc) is 3.74. The van der Waals surface area contributed by atoms with E-state index in [0.29, 0.717) is 0 Å². The van der Waals surface area contributed by atoms with Gasteiger partial charge in [0.1, 0.15) is 0 Å². The SMILES string of the molecule is CC(C)(C)c1cccc(-c2cccc3[cH-]c(C4(c5cc6c(-c7cccc(C(C)(C)C)c7)cccc6[cH-]5)CCCC4)cc23)c1.[CH3-].[CH3-].[Hf+4]. The average molecular weight is 769 g/mol. The van der Waals surface area contributed by atoms with Crippen LogP contribution < -0.4 is 0 Å². The molecule has 234 valence electrons. The van der Waals surface area contributed by atoms with Crippen molar-refractivity contribution in [2.45, 2.75) is 83.5 Å². The van der Waals surface area contributed by atoms with Crippen LogP contribution in [0.25, 0.3) is 43.8 Å². The van der Waals surface area contributed by atoms with E-state index in [-0.39, 0.29) is 56.9 Å². The van der Waals surface area contributed by atoms with Crippen molar-refractivity contribution >= 4 is 21.5 Å². The Hall–Kier alpha value is -3.03. The van der Waals surface area contributed by atoms with Crippen LogP contribution >= 0.6 is 0 Å². The van der Waals surface area contributed by atoms with Gasteiger partial charge in [0.25, 0.3) is 0 Å². The Kier molecular flexibility index (Phi) is 10.3. The van der Waals surface area contributed by atoms with Crippen LogP contribution in [0.1, 0.15) is 89.5 Å². The molecule has 1 saturated carbocycles. The molecule has 1 heteroatoms. The molecule has 0 aliphatic heterocycles. The molecule has 7 rings (SSSR count). The monoisotopic (exact) mass is 770 g/mol. The molecule has 0 unspecified atom stereocenters. The maximum Gasteiger partial charge on any atom is 4.00 e. The van der Waals surface area contributed by atoms with E-state index in [9.17, 15) is 0 Å². The first kappa shape index (κ1) is 35.8. The van der Waals surface area contributed by atoms with Crippen LogP contribution in [0.4, 0.5) is 0 Å². The zero-order chi connectivity index (χ0) is 30.0. The molecule has 1 aliphatic rings. The van der Waals surface area contributed by atoms with Crippen molar-refractivity contribution in [2.24, 2.45) is 0 Å². The van der Waals surface area contributed by atoms with E-state index in [0.717, 1.165) is 0 Å². The molecule has 0 N–H and O–H groups in total. The minimum Gasteiger partial charge on any atom is -0.358 e. The number of benzene rings is 4. The Morgan fingerprint density at radius 3 is 1.30 bits per heavy atom. The summed E-state index contributed by atoms with van der Waals surface area (Å²) in [5, 5.41) is 5.47. The molecule has 6 aromatic rings. The number of hydrogen-bond acceptors (Lipinski definition) is 0. The summed E-state index contributed by atoms with van der Waals surface area (Å²) in [6.07, 6.45) is 4.99. The van der Waals surface area contributed by atoms with Gasteiger partial charge in [0.15, 0.2) is 0 Å². The molecule has 6 aromatic carbocycles. The summed E-state index contributed by atoms with van der Waals surface area (Å²) in [6.45, 7) is 13.8. The van der Waals surface area contributed by atoms with Crippen LogP contribution in [-0.2, 0) is 42.1 Å². The van der Waals surface area contributed by atoms with Gasteiger partial charge in [0.2, 0.25) is 0 Å². The van der Waals surface area contributed by atoms with Crippen molar-refractivity contribution in [1.82, 2.24) is 0 Å². The first-order valence-corrected chi connectivity index (χ1v) is 16.1. The van der Waals surface area contributed by atoms with Gasteiger partial charge >= 0.3 is 25.8 Å². The van der Waals surface area contributed by atoms with E-state index in [2.05, 4.69) is 151 Å². The maximum absolute atomic E-state index is 2.53. The third-order valence-corrected chi connectivity index (χ3v) is 10.1. The van der Waals surface area contributed by atoms with E-state index < -0.39 is 0 Å². The molecular weight excluding hydrogens is 719 g/mol. The van der Waals surface area contributed by atoms with Gasteiger partial charge in [-0.05, 0) is 51.3 Å². The second kappa shape index (κ2) is 13.2. The largest absolute Gasteiger partial charge is 4.00 e. The van der Waals surface area contributed by atoms with Gasteiger partial charge in [-0.3, -0.25) is 0 Å². The van der Waals surface area contributed by atoms with E-state index in [1.54, 1.807) is 0 Å². The fourth-order valence-electron chi connectivity index (χ4n) is 7.55. The third-order valence-electron chi connectivity index (χ3n) is 10.1. The number of rotatable bonds is 4. The second-order valence-corrected chi connectivity index (χ2v) is 15.1. The molecule has 0 amide bonds. The minimum absolute atomic E-state index is 0. The Balaban J connectivity index is 0.00000160. The van der Waals surface area contributed by atoms with Gasteiger partial charge in [-0.25, -0.2) is 0 Å². The normalized spacial score (nSPS) is 14.5. The quantitative estimate of drug-likeness (QED) is 0.124. The van der Waals surface area contributed by atoms with Gasteiger partial charge in [0.05, 0.1) is 0 Å². The molecule has 0 saturated heterocycles. The summed E-state index contributed by atoms with van der Waals surface area (Å²) in [5.41, 5.74) is 11.4. The van der Waals surface area contributed by atoms with Gasteiger partial charge < -0.3 is 14.9 Å². The van der Waals surface area contributed by atoms with Crippen molar-refractivity contribution in [2.75, 3.05) is 0 Å². The first-order valence-electron chi connectivity index (χ1n) is 16.1. The van der Waals surface area contributed by atoms with Crippen LogP contribution in [0.3, 0.4) is 0 Å². The number of hydrogen-bond donors (Lipinski definition) is 0. The van der Waals surface area contributed by atoms with Crippen molar-refractivity contribution in [1.29, 1.82) is 0 Å². The predicted octanol–water partition coefficient (Wildman–Crippen LogP) is 13.1. The summed E-state index contributed by atoms with van der Waals surface area (Å²) in [6, 6.07) is 42.1. The van der Waals surface area contributed by atoms with E-state index in [4.69, 9.17) is 0 Å². The Labute approximate surface area is 297 Å². The van der Waals surface area contributed by atoms with Gasteiger partial charge in [-0.15, -0.1) is 69.1 Å². The smallest absolute Gasteiger partial charge is 0.358 e. The molecule has 0 spiro atoms. The van der Waals surface area contributed by atoms with Crippen LogP contribution in [0.5, 0.6) is 0 Å². The minimum atomic E-state index is 0. The van der Waals surface area contributed by atoms with E-state index in [1.165, 1.54) is 91.7 Å². The van der Waals surface area contributed by atoms with Crippen LogP contribution in [0, 0.1) is 14.9 Å². The van der Waals surface area contributed by atoms with Crippen molar-refractivity contribution in [3.8, 4) is 22.3 Å². The Bertz CT molecular complexity index is 1800. The van der Waals surface area contributed by atoms with E-state index in [1.807, 2.05) is 0 Å². The van der Waals surface area contributed by atoms with Crippen LogP contribution in [0.15, 0.2) is 109 Å². The fourth-order valence-corrected chi connectivity index (χ4v) is 7.55. The topological polar surface area (TPSA) is 0 Å². The van der Waals surface area contributed by atoms with Crippen molar-refractivity contribution in [3.63, 3.8) is 0 Å². The molecule has 0 radical (unpaired) electrons. The molecule has 1 aliphatic carbocycles. The molecule has 0 nitrogen and oxygen atoms in total. The molecule has 0 bridgehead atoms. The summed E-state index contributed by atoms with van der Waals surface area (Å²) in [4.78, 5) is 0. The molecule has 0 heterocycles. The molecule has 46 heavy (non-hydrogen) atoms. The van der Waals surface area contributed by atoms with Crippen LogP contribution in [-0.4, -0.2) is 0 Å². The van der Waals surface area contributed by atoms with Gasteiger partial charge in [-0.2, -0.15) is 12.1 Å². The predicted molar refractivity (Wildman–Crippen MR) is 199 cm³/mol. The third kappa shape index (κ3) is 6.29. The Morgan fingerprint density at radius 2 is 0.913 bits per heavy atom. The summed E-state index contributed by atoms with van der Waals surface area (Å²) in [7, 11) is 0. The zero-order valence-electron chi connectivity index (χ0n) is 29.2. The van der Waals surface area contributed by atoms with Gasteiger partial charge in [-0.1, -0.05) is 126 Å². The second-order valence-electron chi connectivity index (χ2n) is 15.1. The maximum atomic E-state index is 2.53.